The molecule has 0 saturated heterocycles. The molecule has 0 fully saturated rings. The second-order valence-electron chi connectivity index (χ2n) is 2.57. The first-order valence-electron chi connectivity index (χ1n) is 3.38. The third-order valence-corrected chi connectivity index (χ3v) is 1.47. The van der Waals surface area contributed by atoms with Crippen LogP contribution in [0.25, 0.3) is 0 Å². The first kappa shape index (κ1) is 10.0. The monoisotopic (exact) mass is 155 g/mol. The maximum Gasteiger partial charge on any atom is 0.212 e. The zero-order valence-corrected chi connectivity index (χ0v) is 6.70. The predicted molar refractivity (Wildman–Crippen MR) is 43.0 cm³/mol. The van der Waals surface area contributed by atoms with E-state index in [-0.39, 0.29) is 0 Å². The maximum absolute atomic E-state index is 10.5. The highest BCUT2D eigenvalue weighted by Gasteiger charge is 2.18. The van der Waals surface area contributed by atoms with E-state index in [4.69, 9.17) is 11.5 Å². The van der Waals surface area contributed by atoms with Crippen LogP contribution in [0.4, 0.5) is 0 Å². The molecule has 11 heavy (non-hydrogen) atoms. The van der Waals surface area contributed by atoms with Crippen molar-refractivity contribution < 1.29 is 9.59 Å². The molecule has 0 saturated carbocycles. The molecule has 0 bridgehead atoms. The molecule has 2 unspecified atom stereocenters. The van der Waals surface area contributed by atoms with Crippen molar-refractivity contribution in [1.29, 1.82) is 0 Å². The minimum absolute atomic E-state index is 0.405. The first-order chi connectivity index (χ1) is 4.95. The number of nitrogens with two attached hydrogens (primary N) is 2. The summed E-state index contributed by atoms with van der Waals surface area (Å²) in [6.45, 7) is 3.25. The Balaban J connectivity index is 3.84. The van der Waals surface area contributed by atoms with Gasteiger partial charge in [-0.15, -0.1) is 0 Å². The Morgan fingerprint density at radius 1 is 1.09 bits per heavy atom. The summed E-state index contributed by atoms with van der Waals surface area (Å²) in [6.07, 6.45) is 0. The van der Waals surface area contributed by atoms with Gasteiger partial charge in [-0.2, -0.15) is 0 Å². The number of hydrogen-bond acceptors (Lipinski definition) is 2. The lowest BCUT2D eigenvalue weighted by atomic mass is 9.55. The summed E-state index contributed by atoms with van der Waals surface area (Å²) in [5.74, 6) is -1.70. The van der Waals surface area contributed by atoms with Crippen LogP contribution < -0.4 is 11.5 Å². The Morgan fingerprint density at radius 3 is 1.55 bits per heavy atom. The SMILES string of the molecule is CC([B]C(C)C(N)=O)C(N)=O. The van der Waals surface area contributed by atoms with Crippen molar-refractivity contribution >= 4 is 19.1 Å². The average molecular weight is 155 g/mol. The van der Waals surface area contributed by atoms with Gasteiger partial charge in [-0.25, -0.2) is 0 Å². The van der Waals surface area contributed by atoms with Gasteiger partial charge in [-0.1, -0.05) is 13.8 Å². The van der Waals surface area contributed by atoms with Gasteiger partial charge in [-0.3, -0.25) is 9.59 Å². The fourth-order valence-corrected chi connectivity index (χ4v) is 0.623. The van der Waals surface area contributed by atoms with E-state index >= 15 is 0 Å². The molecule has 4 nitrogen and oxygen atoms in total. The third kappa shape index (κ3) is 3.65. The first-order valence-corrected chi connectivity index (χ1v) is 3.38. The van der Waals surface area contributed by atoms with Crippen molar-refractivity contribution in [3.8, 4) is 0 Å². The van der Waals surface area contributed by atoms with Crippen molar-refractivity contribution in [2.45, 2.75) is 25.5 Å². The van der Waals surface area contributed by atoms with Gasteiger partial charge in [0.05, 0.1) is 0 Å². The molecule has 0 aliphatic carbocycles. The van der Waals surface area contributed by atoms with Gasteiger partial charge in [-0.05, 0) is 0 Å². The second kappa shape index (κ2) is 4.00. The molecule has 0 heterocycles. The maximum atomic E-state index is 10.5. The molecule has 2 atom stereocenters. The van der Waals surface area contributed by atoms with Crippen molar-refractivity contribution in [3.05, 3.63) is 0 Å². The van der Waals surface area contributed by atoms with Crippen LogP contribution in [-0.2, 0) is 9.59 Å². The normalized spacial score (nSPS) is 15.1. The van der Waals surface area contributed by atoms with Crippen LogP contribution in [0.1, 0.15) is 13.8 Å². The molecule has 0 aromatic heterocycles. The van der Waals surface area contributed by atoms with Gasteiger partial charge >= 0.3 is 0 Å². The summed E-state index contributed by atoms with van der Waals surface area (Å²) in [4.78, 5) is 21.0. The molecular weight excluding hydrogens is 143 g/mol. The van der Waals surface area contributed by atoms with Gasteiger partial charge in [0.1, 0.15) is 7.28 Å². The molecule has 4 N–H and O–H groups in total. The van der Waals surface area contributed by atoms with Crippen molar-refractivity contribution in [3.63, 3.8) is 0 Å². The molecular formula is C6H12BN2O2. The predicted octanol–water partition coefficient (Wildman–Crippen LogP) is -0.722. The van der Waals surface area contributed by atoms with E-state index in [1.165, 1.54) is 7.28 Å². The summed E-state index contributed by atoms with van der Waals surface area (Å²) in [5, 5.41) is 0. The zero-order chi connectivity index (χ0) is 9.02. The van der Waals surface area contributed by atoms with Gasteiger partial charge in [0, 0.05) is 11.6 Å². The Labute approximate surface area is 66.6 Å². The highest BCUT2D eigenvalue weighted by Crippen LogP contribution is 2.09. The lowest BCUT2D eigenvalue weighted by Crippen LogP contribution is -2.28. The van der Waals surface area contributed by atoms with Crippen LogP contribution >= 0.6 is 0 Å². The van der Waals surface area contributed by atoms with Crippen LogP contribution in [0.2, 0.25) is 11.6 Å². The van der Waals surface area contributed by atoms with Crippen molar-refractivity contribution in [1.82, 2.24) is 0 Å². The van der Waals surface area contributed by atoms with Crippen molar-refractivity contribution in [2.24, 2.45) is 11.5 Å². The van der Waals surface area contributed by atoms with E-state index in [0.29, 0.717) is 0 Å². The third-order valence-electron chi connectivity index (χ3n) is 1.47. The summed E-state index contributed by atoms with van der Waals surface area (Å²) in [6, 6.07) is 0. The lowest BCUT2D eigenvalue weighted by Gasteiger charge is -2.08. The van der Waals surface area contributed by atoms with E-state index in [9.17, 15) is 9.59 Å². The zero-order valence-electron chi connectivity index (χ0n) is 6.70. The fourth-order valence-electron chi connectivity index (χ4n) is 0.623. The Kier molecular flexibility index (Phi) is 3.64. The number of carbonyl (C=O) groups excluding carboxylic acids is 2. The summed E-state index contributed by atoms with van der Waals surface area (Å²) in [5.41, 5.74) is 9.92. The molecule has 0 aliphatic rings. The fraction of sp³-hybridized carbons (Fsp3) is 0.667. The highest BCUT2D eigenvalue weighted by molar-refractivity contribution is 6.50. The molecule has 5 heteroatoms. The number of primary amides is 2. The average Bonchev–Trinajstić information content (AvgIpc) is 1.87. The Morgan fingerprint density at radius 2 is 1.36 bits per heavy atom. The van der Waals surface area contributed by atoms with Crippen molar-refractivity contribution in [2.75, 3.05) is 0 Å². The number of hydrogen-bond donors (Lipinski definition) is 2. The lowest BCUT2D eigenvalue weighted by molar-refractivity contribution is -0.117. The largest absolute Gasteiger partial charge is 0.370 e. The van der Waals surface area contributed by atoms with Crippen LogP contribution in [0.15, 0.2) is 0 Å². The van der Waals surface area contributed by atoms with Crippen LogP contribution in [0, 0.1) is 0 Å². The van der Waals surface area contributed by atoms with Crippen LogP contribution in [-0.4, -0.2) is 19.1 Å². The molecule has 2 amide bonds. The molecule has 1 radical (unpaired) electrons. The molecule has 61 valence electrons. The minimum Gasteiger partial charge on any atom is -0.370 e. The van der Waals surface area contributed by atoms with Gasteiger partial charge < -0.3 is 11.5 Å². The highest BCUT2D eigenvalue weighted by atomic mass is 16.1. The van der Waals surface area contributed by atoms with E-state index in [1.807, 2.05) is 0 Å². The topological polar surface area (TPSA) is 86.2 Å². The van der Waals surface area contributed by atoms with E-state index in [0.717, 1.165) is 0 Å². The molecule has 0 rings (SSSR count). The minimum atomic E-state index is -0.446. The molecule has 0 spiro atoms. The van der Waals surface area contributed by atoms with Gasteiger partial charge in [0.2, 0.25) is 11.8 Å². The number of amides is 2. The molecule has 0 aliphatic heterocycles. The van der Waals surface area contributed by atoms with Crippen LogP contribution in [0.3, 0.4) is 0 Å². The molecule has 0 aromatic carbocycles. The van der Waals surface area contributed by atoms with Gasteiger partial charge in [0.15, 0.2) is 0 Å². The van der Waals surface area contributed by atoms with Gasteiger partial charge in [0.25, 0.3) is 0 Å². The van der Waals surface area contributed by atoms with E-state index < -0.39 is 23.4 Å². The summed E-state index contributed by atoms with van der Waals surface area (Å²) < 4.78 is 0. The quantitative estimate of drug-likeness (QED) is 0.524. The number of rotatable bonds is 4. The Hall–Kier alpha value is -0.995. The molecule has 0 aromatic rings. The van der Waals surface area contributed by atoms with E-state index in [2.05, 4.69) is 0 Å². The Bertz CT molecular complexity index is 154. The number of carbonyl (C=O) groups is 2. The summed E-state index contributed by atoms with van der Waals surface area (Å²) in [7, 11) is 1.53. The van der Waals surface area contributed by atoms with E-state index in [1.54, 1.807) is 13.8 Å². The standard InChI is InChI=1S/C6H12BN2O2/c1-3(5(8)10)7-4(2)6(9)11/h3-4H,1-2H3,(H2,8,10)(H2,9,11). The summed E-state index contributed by atoms with van der Waals surface area (Å²) >= 11 is 0. The smallest absolute Gasteiger partial charge is 0.212 e. The second-order valence-corrected chi connectivity index (χ2v) is 2.57. The van der Waals surface area contributed by atoms with Crippen LogP contribution in [0.5, 0.6) is 0 Å².